The number of carbonyl (C=O) groups is 1. The maximum absolute atomic E-state index is 12.4. The van der Waals surface area contributed by atoms with Gasteiger partial charge in [-0.2, -0.15) is 0 Å². The highest BCUT2D eigenvalue weighted by molar-refractivity contribution is 5.76. The Bertz CT molecular complexity index is 674. The summed E-state index contributed by atoms with van der Waals surface area (Å²) in [5, 5.41) is 0. The van der Waals surface area contributed by atoms with Gasteiger partial charge in [0.15, 0.2) is 0 Å². The minimum absolute atomic E-state index is 0.0848. The summed E-state index contributed by atoms with van der Waals surface area (Å²) in [4.78, 5) is 26.8. The van der Waals surface area contributed by atoms with E-state index in [9.17, 15) is 4.79 Å². The number of amides is 1. The molecule has 7 heteroatoms. The molecule has 1 atom stereocenters. The van der Waals surface area contributed by atoms with Crippen molar-refractivity contribution in [3.05, 3.63) is 42.5 Å². The number of rotatable bonds is 7. The van der Waals surface area contributed by atoms with Crippen LogP contribution in [0.5, 0.6) is 0 Å². The number of hydrogen-bond acceptors (Lipinski definition) is 5. The molecule has 0 saturated carbocycles. The van der Waals surface area contributed by atoms with E-state index in [2.05, 4.69) is 15.0 Å². The molecule has 134 valence electrons. The fraction of sp³-hybridized carbons (Fsp3) is 0.556. The van der Waals surface area contributed by atoms with Crippen LogP contribution in [-0.2, 0) is 22.5 Å². The molecule has 0 aromatic carbocycles. The molecule has 0 spiro atoms. The van der Waals surface area contributed by atoms with E-state index in [1.165, 1.54) is 0 Å². The molecule has 0 aliphatic carbocycles. The van der Waals surface area contributed by atoms with Crippen molar-refractivity contribution in [2.24, 2.45) is 0 Å². The lowest BCUT2D eigenvalue weighted by Gasteiger charge is -2.33. The Labute approximate surface area is 148 Å². The van der Waals surface area contributed by atoms with Crippen LogP contribution in [0, 0.1) is 6.92 Å². The highest BCUT2D eigenvalue weighted by atomic mass is 16.5. The molecule has 0 bridgehead atoms. The number of hydrogen-bond donors (Lipinski definition) is 0. The van der Waals surface area contributed by atoms with Crippen molar-refractivity contribution in [3.8, 4) is 0 Å². The predicted molar refractivity (Wildman–Crippen MR) is 92.9 cm³/mol. The van der Waals surface area contributed by atoms with Gasteiger partial charge in [-0.25, -0.2) is 15.0 Å². The molecule has 1 unspecified atom stereocenters. The van der Waals surface area contributed by atoms with Gasteiger partial charge in [0, 0.05) is 49.8 Å². The third kappa shape index (κ3) is 5.35. The molecule has 1 aliphatic rings. The quantitative estimate of drug-likeness (QED) is 0.764. The van der Waals surface area contributed by atoms with Gasteiger partial charge in [-0.3, -0.25) is 4.79 Å². The second kappa shape index (κ2) is 8.71. The molecule has 7 nitrogen and oxygen atoms in total. The van der Waals surface area contributed by atoms with Gasteiger partial charge in [0.2, 0.25) is 5.91 Å². The van der Waals surface area contributed by atoms with Crippen LogP contribution in [0.1, 0.15) is 30.7 Å². The highest BCUT2D eigenvalue weighted by Gasteiger charge is 2.23. The van der Waals surface area contributed by atoms with Gasteiger partial charge in [-0.15, -0.1) is 0 Å². The fourth-order valence-electron chi connectivity index (χ4n) is 3.07. The number of imidazole rings is 1. The zero-order valence-electron chi connectivity index (χ0n) is 14.7. The zero-order chi connectivity index (χ0) is 17.5. The van der Waals surface area contributed by atoms with Crippen LogP contribution in [-0.4, -0.2) is 56.1 Å². The first-order chi connectivity index (χ1) is 12.2. The lowest BCUT2D eigenvalue weighted by molar-refractivity contribution is -0.139. The molecule has 1 amide bonds. The van der Waals surface area contributed by atoms with E-state index < -0.39 is 0 Å². The second-order valence-electron chi connectivity index (χ2n) is 6.43. The van der Waals surface area contributed by atoms with Crippen molar-refractivity contribution in [2.75, 3.05) is 19.7 Å². The van der Waals surface area contributed by atoms with Gasteiger partial charge in [-0.1, -0.05) is 0 Å². The van der Waals surface area contributed by atoms with Gasteiger partial charge in [0.25, 0.3) is 0 Å². The Morgan fingerprint density at radius 3 is 3.12 bits per heavy atom. The van der Waals surface area contributed by atoms with E-state index in [0.717, 1.165) is 37.2 Å². The maximum atomic E-state index is 12.4. The molecule has 1 aliphatic heterocycles. The summed E-state index contributed by atoms with van der Waals surface area (Å²) < 4.78 is 7.82. The number of aromatic nitrogens is 4. The summed E-state index contributed by atoms with van der Waals surface area (Å²) >= 11 is 0. The smallest absolute Gasteiger partial charge is 0.222 e. The minimum atomic E-state index is 0.0848. The summed E-state index contributed by atoms with van der Waals surface area (Å²) in [6.07, 6.45) is 10.3. The Morgan fingerprint density at radius 2 is 2.32 bits per heavy atom. The van der Waals surface area contributed by atoms with E-state index in [1.54, 1.807) is 18.9 Å². The normalized spacial score (nSPS) is 17.6. The molecule has 3 rings (SSSR count). The van der Waals surface area contributed by atoms with Gasteiger partial charge in [-0.05, 0) is 32.3 Å². The maximum Gasteiger partial charge on any atom is 0.222 e. The van der Waals surface area contributed by atoms with Crippen LogP contribution in [0.2, 0.25) is 0 Å². The van der Waals surface area contributed by atoms with Gasteiger partial charge in [0.05, 0.1) is 19.0 Å². The first kappa shape index (κ1) is 17.5. The number of ether oxygens (including phenoxy) is 1. The highest BCUT2D eigenvalue weighted by Crippen LogP contribution is 2.13. The molecular weight excluding hydrogens is 318 g/mol. The molecule has 0 N–H and O–H groups in total. The van der Waals surface area contributed by atoms with Crippen LogP contribution in [0.25, 0.3) is 0 Å². The van der Waals surface area contributed by atoms with Crippen molar-refractivity contribution >= 4 is 5.91 Å². The molecule has 1 fully saturated rings. The van der Waals surface area contributed by atoms with Crippen molar-refractivity contribution < 1.29 is 9.53 Å². The van der Waals surface area contributed by atoms with Crippen molar-refractivity contribution in [3.63, 3.8) is 0 Å². The average molecular weight is 343 g/mol. The van der Waals surface area contributed by atoms with Crippen molar-refractivity contribution in [1.29, 1.82) is 0 Å². The molecule has 25 heavy (non-hydrogen) atoms. The molecule has 1 saturated heterocycles. The summed E-state index contributed by atoms with van der Waals surface area (Å²) in [7, 11) is 0. The van der Waals surface area contributed by atoms with Crippen molar-refractivity contribution in [2.45, 2.75) is 45.3 Å². The molecule has 2 aromatic heterocycles. The van der Waals surface area contributed by atoms with E-state index in [4.69, 9.17) is 4.74 Å². The number of aryl methyl sites for hydroxylation is 3. The third-order valence-corrected chi connectivity index (χ3v) is 4.44. The first-order valence-corrected chi connectivity index (χ1v) is 8.83. The van der Waals surface area contributed by atoms with Crippen LogP contribution in [0.15, 0.2) is 31.1 Å². The zero-order valence-corrected chi connectivity index (χ0v) is 14.7. The fourth-order valence-corrected chi connectivity index (χ4v) is 3.07. The number of carbonyl (C=O) groups excluding carboxylic acids is 1. The average Bonchev–Trinajstić information content (AvgIpc) is 3.14. The van der Waals surface area contributed by atoms with E-state index in [1.807, 2.05) is 28.7 Å². The molecule has 0 radical (unpaired) electrons. The number of morpholine rings is 1. The van der Waals surface area contributed by atoms with Gasteiger partial charge < -0.3 is 14.2 Å². The van der Waals surface area contributed by atoms with Crippen LogP contribution >= 0.6 is 0 Å². The largest absolute Gasteiger partial charge is 0.375 e. The minimum Gasteiger partial charge on any atom is -0.375 e. The summed E-state index contributed by atoms with van der Waals surface area (Å²) in [5.41, 5.74) is 2.00. The van der Waals surface area contributed by atoms with Crippen LogP contribution in [0.4, 0.5) is 0 Å². The monoisotopic (exact) mass is 343 g/mol. The summed E-state index contributed by atoms with van der Waals surface area (Å²) in [5.74, 6) is 0.214. The predicted octanol–water partition coefficient (Wildman–Crippen LogP) is 1.62. The standard InChI is InChI=1S/C18H25N5O2/c1-15-11-16(21-13-20-15)4-5-17-12-23(9-10-25-17)18(24)3-2-7-22-8-6-19-14-22/h6,8,11,13-14,17H,2-5,7,9-10,12H2,1H3. The van der Waals surface area contributed by atoms with Crippen LogP contribution in [0.3, 0.4) is 0 Å². The molecule has 2 aromatic rings. The Morgan fingerprint density at radius 1 is 1.40 bits per heavy atom. The van der Waals surface area contributed by atoms with Crippen molar-refractivity contribution in [1.82, 2.24) is 24.4 Å². The topological polar surface area (TPSA) is 73.1 Å². The Balaban J connectivity index is 1.41. The third-order valence-electron chi connectivity index (χ3n) is 4.44. The number of nitrogens with zero attached hydrogens (tertiary/aromatic N) is 5. The SMILES string of the molecule is Cc1cc(CCC2CN(C(=O)CCCn3ccnc3)CCO2)ncn1. The van der Waals surface area contributed by atoms with Crippen LogP contribution < -0.4 is 0 Å². The summed E-state index contributed by atoms with van der Waals surface area (Å²) in [6.45, 7) is 4.76. The second-order valence-corrected chi connectivity index (χ2v) is 6.43. The van der Waals surface area contributed by atoms with Gasteiger partial charge in [0.1, 0.15) is 6.33 Å². The molecular formula is C18H25N5O2. The lowest BCUT2D eigenvalue weighted by atomic mass is 10.1. The lowest BCUT2D eigenvalue weighted by Crippen LogP contribution is -2.45. The molecule has 3 heterocycles. The first-order valence-electron chi connectivity index (χ1n) is 8.83. The Kier molecular flexibility index (Phi) is 6.11. The van der Waals surface area contributed by atoms with E-state index >= 15 is 0 Å². The van der Waals surface area contributed by atoms with Gasteiger partial charge >= 0.3 is 0 Å². The van der Waals surface area contributed by atoms with E-state index in [-0.39, 0.29) is 12.0 Å². The summed E-state index contributed by atoms with van der Waals surface area (Å²) in [6, 6.07) is 2.00. The Hall–Kier alpha value is -2.28. The van der Waals surface area contributed by atoms with E-state index in [0.29, 0.717) is 26.1 Å².